The highest BCUT2D eigenvalue weighted by Gasteiger charge is 2.26. The summed E-state index contributed by atoms with van der Waals surface area (Å²) >= 11 is 5.57. The van der Waals surface area contributed by atoms with Crippen LogP contribution in [0.2, 0.25) is 0 Å². The minimum atomic E-state index is -1.13. The summed E-state index contributed by atoms with van der Waals surface area (Å²) in [6, 6.07) is -1.02. The van der Waals surface area contributed by atoms with Crippen LogP contribution in [0.3, 0.4) is 0 Å². The Kier molecular flexibility index (Phi) is 6.73. The summed E-state index contributed by atoms with van der Waals surface area (Å²) in [5.74, 6) is -1.74. The second kappa shape index (κ2) is 7.25. The van der Waals surface area contributed by atoms with Crippen LogP contribution < -0.4 is 5.73 Å². The molecule has 6 heteroatoms. The molecule has 1 atom stereocenters. The largest absolute Gasteiger partial charge is 0.480 e. The molecule has 0 aromatic carbocycles. The first kappa shape index (κ1) is 13.9. The zero-order chi connectivity index (χ0) is 11.8. The lowest BCUT2D eigenvalue weighted by Gasteiger charge is -2.20. The van der Waals surface area contributed by atoms with E-state index in [9.17, 15) is 9.59 Å². The SMILES string of the molecule is C=CC(=O)N(Cl)C(CCCCN)C(=O)O. The molecule has 86 valence electrons. The van der Waals surface area contributed by atoms with Crippen molar-refractivity contribution in [1.29, 1.82) is 0 Å². The van der Waals surface area contributed by atoms with Gasteiger partial charge in [-0.05, 0) is 31.9 Å². The van der Waals surface area contributed by atoms with Crippen molar-refractivity contribution in [3.8, 4) is 0 Å². The van der Waals surface area contributed by atoms with Crippen molar-refractivity contribution in [2.75, 3.05) is 6.54 Å². The molecule has 0 fully saturated rings. The molecule has 0 bridgehead atoms. The Morgan fingerprint density at radius 3 is 2.53 bits per heavy atom. The molecule has 0 rings (SSSR count). The molecule has 0 radical (unpaired) electrons. The van der Waals surface area contributed by atoms with Crippen molar-refractivity contribution in [3.63, 3.8) is 0 Å². The quantitative estimate of drug-likeness (QED) is 0.387. The molecule has 5 nitrogen and oxygen atoms in total. The van der Waals surface area contributed by atoms with Crippen molar-refractivity contribution in [2.45, 2.75) is 25.3 Å². The number of nitrogens with two attached hydrogens (primary N) is 1. The van der Waals surface area contributed by atoms with Gasteiger partial charge in [0, 0.05) is 11.8 Å². The molecular formula is C9H15ClN2O3. The average Bonchev–Trinajstić information content (AvgIpc) is 2.22. The number of rotatable bonds is 7. The summed E-state index contributed by atoms with van der Waals surface area (Å²) in [5, 5.41) is 8.84. The topological polar surface area (TPSA) is 83.6 Å². The third-order valence-corrected chi connectivity index (χ3v) is 2.28. The monoisotopic (exact) mass is 234 g/mol. The maximum atomic E-state index is 11.1. The molecule has 0 aliphatic rings. The van der Waals surface area contributed by atoms with Crippen LogP contribution in [-0.4, -0.2) is 34.0 Å². The summed E-state index contributed by atoms with van der Waals surface area (Å²) < 4.78 is 0.659. The molecule has 0 spiro atoms. The molecule has 0 aromatic heterocycles. The minimum absolute atomic E-state index is 0.287. The second-order valence-electron chi connectivity index (χ2n) is 2.99. The van der Waals surface area contributed by atoms with Crippen LogP contribution in [-0.2, 0) is 9.59 Å². The predicted molar refractivity (Wildman–Crippen MR) is 57.2 cm³/mol. The first-order valence-electron chi connectivity index (χ1n) is 4.58. The maximum absolute atomic E-state index is 11.1. The Morgan fingerprint density at radius 2 is 2.13 bits per heavy atom. The Morgan fingerprint density at radius 1 is 1.53 bits per heavy atom. The summed E-state index contributed by atoms with van der Waals surface area (Å²) in [6.45, 7) is 3.72. The zero-order valence-electron chi connectivity index (χ0n) is 8.36. The first-order valence-corrected chi connectivity index (χ1v) is 4.92. The molecule has 15 heavy (non-hydrogen) atoms. The van der Waals surface area contributed by atoms with E-state index in [2.05, 4.69) is 6.58 Å². The van der Waals surface area contributed by atoms with Gasteiger partial charge in [0.1, 0.15) is 6.04 Å². The fourth-order valence-electron chi connectivity index (χ4n) is 1.06. The van der Waals surface area contributed by atoms with Gasteiger partial charge in [-0.15, -0.1) is 0 Å². The Balaban J connectivity index is 4.31. The zero-order valence-corrected chi connectivity index (χ0v) is 9.11. The number of hydrogen-bond acceptors (Lipinski definition) is 3. The lowest BCUT2D eigenvalue weighted by Crippen LogP contribution is -2.38. The summed E-state index contributed by atoms with van der Waals surface area (Å²) in [5.41, 5.74) is 5.28. The molecule has 0 heterocycles. The number of nitrogens with zero attached hydrogens (tertiary/aromatic N) is 1. The highest BCUT2D eigenvalue weighted by atomic mass is 35.5. The van der Waals surface area contributed by atoms with E-state index in [0.29, 0.717) is 23.8 Å². The molecule has 0 saturated carbocycles. The van der Waals surface area contributed by atoms with Gasteiger partial charge in [0.25, 0.3) is 5.91 Å². The van der Waals surface area contributed by atoms with E-state index in [1.165, 1.54) is 0 Å². The molecule has 1 amide bonds. The van der Waals surface area contributed by atoms with Crippen molar-refractivity contribution >= 4 is 23.7 Å². The molecule has 0 aromatic rings. The number of carbonyl (C=O) groups is 2. The van der Waals surface area contributed by atoms with Crippen LogP contribution in [0.15, 0.2) is 12.7 Å². The van der Waals surface area contributed by atoms with Crippen molar-refractivity contribution in [3.05, 3.63) is 12.7 Å². The number of hydrogen-bond donors (Lipinski definition) is 2. The maximum Gasteiger partial charge on any atom is 0.327 e. The van der Waals surface area contributed by atoms with Gasteiger partial charge >= 0.3 is 5.97 Å². The lowest BCUT2D eigenvalue weighted by molar-refractivity contribution is -0.145. The number of carboxylic acid groups (broad SMARTS) is 1. The third-order valence-electron chi connectivity index (χ3n) is 1.88. The first-order chi connectivity index (χ1) is 7.04. The van der Waals surface area contributed by atoms with Gasteiger partial charge < -0.3 is 10.8 Å². The Labute approximate surface area is 93.6 Å². The number of carbonyl (C=O) groups excluding carboxylic acids is 1. The fraction of sp³-hybridized carbons (Fsp3) is 0.556. The van der Waals surface area contributed by atoms with Crippen molar-refractivity contribution in [1.82, 2.24) is 4.42 Å². The predicted octanol–water partition coefficient (Wildman–Crippen LogP) is 0.737. The third kappa shape index (κ3) is 4.80. The van der Waals surface area contributed by atoms with Gasteiger partial charge in [0.2, 0.25) is 0 Å². The highest BCUT2D eigenvalue weighted by molar-refractivity contribution is 6.24. The van der Waals surface area contributed by atoms with Crippen LogP contribution in [0.4, 0.5) is 0 Å². The van der Waals surface area contributed by atoms with Crippen molar-refractivity contribution in [2.24, 2.45) is 5.73 Å². The summed E-state index contributed by atoms with van der Waals surface area (Å²) in [4.78, 5) is 21.9. The molecule has 1 unspecified atom stereocenters. The number of unbranched alkanes of at least 4 members (excludes halogenated alkanes) is 1. The average molecular weight is 235 g/mol. The number of halogens is 1. The normalized spacial score (nSPS) is 11.9. The van der Waals surface area contributed by atoms with Gasteiger partial charge in [-0.25, -0.2) is 9.21 Å². The molecule has 0 saturated heterocycles. The van der Waals surface area contributed by atoms with E-state index in [1.807, 2.05) is 0 Å². The number of aliphatic carboxylic acids is 1. The molecule has 0 aliphatic carbocycles. The van der Waals surface area contributed by atoms with Gasteiger partial charge in [-0.3, -0.25) is 4.79 Å². The fourth-order valence-corrected chi connectivity index (χ4v) is 1.31. The van der Waals surface area contributed by atoms with Crippen LogP contribution in [0.25, 0.3) is 0 Å². The minimum Gasteiger partial charge on any atom is -0.480 e. The Hall–Kier alpha value is -1.07. The summed E-state index contributed by atoms with van der Waals surface area (Å²) in [6.07, 6.45) is 2.58. The second-order valence-corrected chi connectivity index (χ2v) is 3.36. The van der Waals surface area contributed by atoms with Crippen molar-refractivity contribution < 1.29 is 14.7 Å². The molecular weight excluding hydrogens is 220 g/mol. The van der Waals surface area contributed by atoms with Crippen LogP contribution in [0.1, 0.15) is 19.3 Å². The van der Waals surface area contributed by atoms with E-state index in [1.54, 1.807) is 0 Å². The van der Waals surface area contributed by atoms with Gasteiger partial charge in [0.15, 0.2) is 0 Å². The number of carboxylic acids is 1. The summed E-state index contributed by atoms with van der Waals surface area (Å²) in [7, 11) is 0. The van der Waals surface area contributed by atoms with E-state index in [0.717, 1.165) is 6.08 Å². The van der Waals surface area contributed by atoms with E-state index >= 15 is 0 Å². The lowest BCUT2D eigenvalue weighted by atomic mass is 10.1. The Bertz CT molecular complexity index is 246. The number of amides is 1. The van der Waals surface area contributed by atoms with E-state index in [-0.39, 0.29) is 6.42 Å². The van der Waals surface area contributed by atoms with Crippen LogP contribution in [0, 0.1) is 0 Å². The van der Waals surface area contributed by atoms with Gasteiger partial charge in [-0.1, -0.05) is 6.58 Å². The van der Waals surface area contributed by atoms with Gasteiger partial charge in [-0.2, -0.15) is 0 Å². The van der Waals surface area contributed by atoms with Crippen LogP contribution in [0.5, 0.6) is 0 Å². The molecule has 3 N–H and O–H groups in total. The molecule has 0 aliphatic heterocycles. The van der Waals surface area contributed by atoms with Crippen LogP contribution >= 0.6 is 11.8 Å². The smallest absolute Gasteiger partial charge is 0.327 e. The van der Waals surface area contributed by atoms with E-state index < -0.39 is 17.9 Å². The highest BCUT2D eigenvalue weighted by Crippen LogP contribution is 2.12. The van der Waals surface area contributed by atoms with E-state index in [4.69, 9.17) is 22.6 Å². The standard InChI is InChI=1S/C9H15ClN2O3/c1-2-8(13)12(10)7(9(14)15)5-3-4-6-11/h2,7H,1,3-6,11H2,(H,14,15). The van der Waals surface area contributed by atoms with Gasteiger partial charge in [0.05, 0.1) is 0 Å².